The van der Waals surface area contributed by atoms with E-state index in [-0.39, 0.29) is 17.8 Å². The second-order valence-corrected chi connectivity index (χ2v) is 6.35. The zero-order valence-corrected chi connectivity index (χ0v) is 14.3. The van der Waals surface area contributed by atoms with Gasteiger partial charge in [0.05, 0.1) is 17.0 Å². The maximum absolute atomic E-state index is 10.8. The molecular formula is C18H15N3O3S. The molecule has 6 nitrogen and oxygen atoms in total. The topological polar surface area (TPSA) is 113 Å². The number of pyridine rings is 1. The van der Waals surface area contributed by atoms with E-state index in [0.717, 1.165) is 17.1 Å². The second kappa shape index (κ2) is 6.79. The summed E-state index contributed by atoms with van der Waals surface area (Å²) in [6.07, 6.45) is 0.700. The number of aryl methyl sites for hydroxylation is 1. The number of carboxylic acid groups (broad SMARTS) is 1. The van der Waals surface area contributed by atoms with E-state index in [1.807, 2.05) is 19.1 Å². The number of aromatic nitrogens is 1. The number of aliphatic carboxylic acids is 1. The maximum Gasteiger partial charge on any atom is 0.307 e. The van der Waals surface area contributed by atoms with Crippen LogP contribution in [0.2, 0.25) is 0 Å². The second-order valence-electron chi connectivity index (χ2n) is 5.44. The molecule has 0 radical (unpaired) electrons. The number of nitrogen functional groups attached to an aromatic ring is 1. The van der Waals surface area contributed by atoms with Crippen LogP contribution in [0.25, 0.3) is 21.9 Å². The Kier molecular flexibility index (Phi) is 4.55. The summed E-state index contributed by atoms with van der Waals surface area (Å²) in [7, 11) is 0. The summed E-state index contributed by atoms with van der Waals surface area (Å²) in [6, 6.07) is 9.28. The Bertz CT molecular complexity index is 982. The minimum Gasteiger partial charge on any atom is -0.481 e. The van der Waals surface area contributed by atoms with Crippen molar-refractivity contribution in [2.75, 3.05) is 5.73 Å². The number of carboxylic acids is 1. The first-order chi connectivity index (χ1) is 12.0. The molecule has 3 aromatic rings. The summed E-state index contributed by atoms with van der Waals surface area (Å²) in [5, 5.41) is 20.1. The van der Waals surface area contributed by atoms with E-state index in [2.05, 4.69) is 11.1 Å². The Labute approximate surface area is 148 Å². The van der Waals surface area contributed by atoms with Gasteiger partial charge in [-0.15, -0.1) is 11.3 Å². The van der Waals surface area contributed by atoms with E-state index < -0.39 is 5.97 Å². The predicted molar refractivity (Wildman–Crippen MR) is 95.1 cm³/mol. The van der Waals surface area contributed by atoms with Crippen molar-refractivity contribution in [3.05, 3.63) is 46.5 Å². The number of hydrogen-bond donors (Lipinski definition) is 2. The standard InChI is InChI=1S/C18H15N3O3S/c1-2-11-3-4-15(24-11)12-7-14(21-18(20)13(12)8-19)16-5-10(9-25-16)6-17(22)23/h3-5,7,9H,2,6H2,1H3,(H2,20,21)(H,22,23). The fourth-order valence-electron chi connectivity index (χ4n) is 2.49. The van der Waals surface area contributed by atoms with Crippen LogP contribution in [0.5, 0.6) is 0 Å². The van der Waals surface area contributed by atoms with Crippen LogP contribution in [0, 0.1) is 11.3 Å². The Hall–Kier alpha value is -3.11. The Morgan fingerprint density at radius 2 is 2.24 bits per heavy atom. The van der Waals surface area contributed by atoms with Crippen molar-refractivity contribution in [1.82, 2.24) is 4.98 Å². The van der Waals surface area contributed by atoms with Crippen LogP contribution in [0.15, 0.2) is 34.1 Å². The van der Waals surface area contributed by atoms with Gasteiger partial charge in [0.2, 0.25) is 0 Å². The average Bonchev–Trinajstić information content (AvgIpc) is 3.22. The fourth-order valence-corrected chi connectivity index (χ4v) is 3.37. The molecule has 0 spiro atoms. The molecule has 0 aromatic carbocycles. The van der Waals surface area contributed by atoms with E-state index in [9.17, 15) is 10.1 Å². The quantitative estimate of drug-likeness (QED) is 0.723. The molecule has 3 aromatic heterocycles. The summed E-state index contributed by atoms with van der Waals surface area (Å²) in [6.45, 7) is 1.98. The van der Waals surface area contributed by atoms with Crippen molar-refractivity contribution >= 4 is 23.1 Å². The van der Waals surface area contributed by atoms with E-state index >= 15 is 0 Å². The SMILES string of the molecule is CCc1ccc(-c2cc(-c3cc(CC(=O)O)cs3)nc(N)c2C#N)o1. The van der Waals surface area contributed by atoms with E-state index in [0.29, 0.717) is 22.6 Å². The number of anilines is 1. The molecule has 25 heavy (non-hydrogen) atoms. The average molecular weight is 353 g/mol. The molecule has 3 N–H and O–H groups in total. The highest BCUT2D eigenvalue weighted by atomic mass is 32.1. The van der Waals surface area contributed by atoms with Gasteiger partial charge < -0.3 is 15.3 Å². The van der Waals surface area contributed by atoms with E-state index in [1.165, 1.54) is 11.3 Å². The monoisotopic (exact) mass is 353 g/mol. The minimum atomic E-state index is -0.889. The Morgan fingerprint density at radius 1 is 1.44 bits per heavy atom. The molecule has 0 amide bonds. The van der Waals surface area contributed by atoms with Crippen LogP contribution < -0.4 is 5.73 Å². The summed E-state index contributed by atoms with van der Waals surface area (Å²) in [5.74, 6) is 0.611. The number of furan rings is 1. The lowest BCUT2D eigenvalue weighted by Gasteiger charge is -2.07. The molecule has 0 bridgehead atoms. The van der Waals surface area contributed by atoms with Crippen LogP contribution in [0.1, 0.15) is 23.8 Å². The van der Waals surface area contributed by atoms with Gasteiger partial charge in [0.15, 0.2) is 0 Å². The molecule has 7 heteroatoms. The number of nitrogens with zero attached hydrogens (tertiary/aromatic N) is 2. The highest BCUT2D eigenvalue weighted by Crippen LogP contribution is 2.34. The highest BCUT2D eigenvalue weighted by molar-refractivity contribution is 7.13. The summed E-state index contributed by atoms with van der Waals surface area (Å²) in [4.78, 5) is 15.9. The van der Waals surface area contributed by atoms with Gasteiger partial charge >= 0.3 is 5.97 Å². The van der Waals surface area contributed by atoms with Gasteiger partial charge in [-0.3, -0.25) is 4.79 Å². The summed E-state index contributed by atoms with van der Waals surface area (Å²) < 4.78 is 5.76. The largest absolute Gasteiger partial charge is 0.481 e. The lowest BCUT2D eigenvalue weighted by Crippen LogP contribution is -1.99. The molecule has 0 fully saturated rings. The number of nitrogens with two attached hydrogens (primary N) is 1. The van der Waals surface area contributed by atoms with Gasteiger partial charge in [-0.2, -0.15) is 5.26 Å². The molecule has 0 aliphatic carbocycles. The van der Waals surface area contributed by atoms with Crippen LogP contribution in [0.4, 0.5) is 5.82 Å². The normalized spacial score (nSPS) is 10.6. The smallest absolute Gasteiger partial charge is 0.307 e. The fraction of sp³-hybridized carbons (Fsp3) is 0.167. The third-order valence-corrected chi connectivity index (χ3v) is 4.70. The first-order valence-corrected chi connectivity index (χ1v) is 8.49. The number of hydrogen-bond acceptors (Lipinski definition) is 6. The lowest BCUT2D eigenvalue weighted by molar-refractivity contribution is -0.136. The van der Waals surface area contributed by atoms with Gasteiger partial charge in [-0.05, 0) is 35.2 Å². The summed E-state index contributed by atoms with van der Waals surface area (Å²) >= 11 is 1.39. The van der Waals surface area contributed by atoms with Crippen molar-refractivity contribution in [2.45, 2.75) is 19.8 Å². The van der Waals surface area contributed by atoms with Crippen molar-refractivity contribution in [3.63, 3.8) is 0 Å². The van der Waals surface area contributed by atoms with Crippen LogP contribution in [0.3, 0.4) is 0 Å². The van der Waals surface area contributed by atoms with Crippen molar-refractivity contribution in [3.8, 4) is 28.0 Å². The predicted octanol–water partition coefficient (Wildman–Crippen LogP) is 3.71. The Morgan fingerprint density at radius 3 is 2.88 bits per heavy atom. The molecule has 3 heterocycles. The molecule has 0 atom stereocenters. The molecule has 0 aliphatic rings. The van der Waals surface area contributed by atoms with Crippen LogP contribution in [-0.2, 0) is 17.6 Å². The Balaban J connectivity index is 2.08. The number of carbonyl (C=O) groups is 1. The number of thiophene rings is 1. The van der Waals surface area contributed by atoms with Gasteiger partial charge in [-0.25, -0.2) is 4.98 Å². The zero-order valence-electron chi connectivity index (χ0n) is 13.4. The van der Waals surface area contributed by atoms with Crippen molar-refractivity contribution in [2.24, 2.45) is 0 Å². The van der Waals surface area contributed by atoms with Crippen LogP contribution >= 0.6 is 11.3 Å². The molecule has 0 saturated heterocycles. The zero-order chi connectivity index (χ0) is 18.0. The van der Waals surface area contributed by atoms with Crippen LogP contribution in [-0.4, -0.2) is 16.1 Å². The van der Waals surface area contributed by atoms with E-state index in [1.54, 1.807) is 17.5 Å². The van der Waals surface area contributed by atoms with Gasteiger partial charge in [-0.1, -0.05) is 6.92 Å². The molecule has 0 aliphatic heterocycles. The lowest BCUT2D eigenvalue weighted by atomic mass is 10.1. The maximum atomic E-state index is 10.8. The molecule has 0 unspecified atom stereocenters. The molecule has 3 rings (SSSR count). The van der Waals surface area contributed by atoms with Gasteiger partial charge in [0.1, 0.15) is 29.0 Å². The number of rotatable bonds is 5. The first kappa shape index (κ1) is 16.7. The van der Waals surface area contributed by atoms with Crippen molar-refractivity contribution in [1.29, 1.82) is 5.26 Å². The molecule has 0 saturated carbocycles. The van der Waals surface area contributed by atoms with Gasteiger partial charge in [0.25, 0.3) is 0 Å². The number of nitriles is 1. The highest BCUT2D eigenvalue weighted by Gasteiger charge is 2.17. The third kappa shape index (κ3) is 3.39. The first-order valence-electron chi connectivity index (χ1n) is 7.61. The molecule has 126 valence electrons. The third-order valence-electron chi connectivity index (χ3n) is 3.70. The minimum absolute atomic E-state index is 0.0485. The van der Waals surface area contributed by atoms with Gasteiger partial charge in [0, 0.05) is 12.0 Å². The molecular weight excluding hydrogens is 338 g/mol. The summed E-state index contributed by atoms with van der Waals surface area (Å²) in [5.41, 5.74) is 8.10. The van der Waals surface area contributed by atoms with Crippen molar-refractivity contribution < 1.29 is 14.3 Å². The van der Waals surface area contributed by atoms with E-state index in [4.69, 9.17) is 15.3 Å².